The van der Waals surface area contributed by atoms with Crippen molar-refractivity contribution in [3.8, 4) is 11.4 Å². The summed E-state index contributed by atoms with van der Waals surface area (Å²) in [5, 5.41) is 1.46. The van der Waals surface area contributed by atoms with Crippen LogP contribution in [0.5, 0.6) is 0 Å². The van der Waals surface area contributed by atoms with Crippen molar-refractivity contribution in [2.75, 3.05) is 0 Å². The molecule has 0 bridgehead atoms. The summed E-state index contributed by atoms with van der Waals surface area (Å²) in [6.07, 6.45) is 0.824. The first-order chi connectivity index (χ1) is 16.4. The van der Waals surface area contributed by atoms with Crippen LogP contribution >= 0.6 is 0 Å². The monoisotopic (exact) mass is 484 g/mol. The minimum absolute atomic E-state index is 0.0590. The predicted molar refractivity (Wildman–Crippen MR) is 121 cm³/mol. The third-order valence-electron chi connectivity index (χ3n) is 5.22. The number of amides is 1. The van der Waals surface area contributed by atoms with Gasteiger partial charge in [0, 0.05) is 47.6 Å². The Kier molecular flexibility index (Phi) is 6.06. The third kappa shape index (κ3) is 5.16. The van der Waals surface area contributed by atoms with Crippen LogP contribution in [0.1, 0.15) is 29.3 Å². The van der Waals surface area contributed by atoms with Crippen molar-refractivity contribution >= 4 is 28.3 Å². The molecule has 0 spiro atoms. The highest BCUT2D eigenvalue weighted by molar-refractivity contribution is 6.26. The second-order valence-corrected chi connectivity index (χ2v) is 7.82. The largest absolute Gasteiger partial charge is 0.416 e. The number of rotatable bonds is 5. The van der Waals surface area contributed by atoms with Gasteiger partial charge in [-0.1, -0.05) is 24.3 Å². The van der Waals surface area contributed by atoms with Gasteiger partial charge in [0.15, 0.2) is 5.82 Å². The SMILES string of the molecule is CC(F)(F)c1cc(-c2nccc(/C=C(/C(N)=O)c3cncc4ccccc34)n2)cc(C(F)(F)F)c1. The summed E-state index contributed by atoms with van der Waals surface area (Å²) in [4.78, 5) is 24.6. The number of benzene rings is 2. The van der Waals surface area contributed by atoms with Gasteiger partial charge in [-0.15, -0.1) is 0 Å². The Morgan fingerprint density at radius 2 is 1.69 bits per heavy atom. The average Bonchev–Trinajstić information content (AvgIpc) is 2.81. The molecule has 0 saturated carbocycles. The highest BCUT2D eigenvalue weighted by Crippen LogP contribution is 2.37. The summed E-state index contributed by atoms with van der Waals surface area (Å²) < 4.78 is 67.9. The molecule has 0 saturated heterocycles. The van der Waals surface area contributed by atoms with Gasteiger partial charge in [-0.2, -0.15) is 13.2 Å². The summed E-state index contributed by atoms with van der Waals surface area (Å²) in [6.45, 7) is 0.504. The van der Waals surface area contributed by atoms with E-state index in [0.717, 1.165) is 11.5 Å². The molecule has 0 aliphatic rings. The summed E-state index contributed by atoms with van der Waals surface area (Å²) >= 11 is 0. The topological polar surface area (TPSA) is 81.8 Å². The lowest BCUT2D eigenvalue weighted by atomic mass is 9.99. The number of hydrogen-bond acceptors (Lipinski definition) is 4. The minimum Gasteiger partial charge on any atom is -0.366 e. The lowest BCUT2D eigenvalue weighted by Crippen LogP contribution is -2.13. The molecule has 1 amide bonds. The fraction of sp³-hybridized carbons (Fsp3) is 0.120. The van der Waals surface area contributed by atoms with Crippen molar-refractivity contribution < 1.29 is 26.7 Å². The molecule has 0 fully saturated rings. The molecule has 2 heterocycles. The molecule has 5 nitrogen and oxygen atoms in total. The number of halogens is 5. The fourth-order valence-electron chi connectivity index (χ4n) is 3.53. The molecule has 2 aromatic carbocycles. The Morgan fingerprint density at radius 3 is 2.37 bits per heavy atom. The molecule has 10 heteroatoms. The summed E-state index contributed by atoms with van der Waals surface area (Å²) in [6, 6.07) is 10.6. The molecule has 0 unspecified atom stereocenters. The second-order valence-electron chi connectivity index (χ2n) is 7.82. The smallest absolute Gasteiger partial charge is 0.366 e. The van der Waals surface area contributed by atoms with Gasteiger partial charge in [0.05, 0.1) is 16.8 Å². The number of carbonyl (C=O) groups is 1. The highest BCUT2D eigenvalue weighted by atomic mass is 19.4. The van der Waals surface area contributed by atoms with Crippen molar-refractivity contribution in [3.05, 3.63) is 89.5 Å². The average molecular weight is 484 g/mol. The molecular weight excluding hydrogens is 467 g/mol. The molecule has 0 aliphatic carbocycles. The lowest BCUT2D eigenvalue weighted by Gasteiger charge is -2.16. The van der Waals surface area contributed by atoms with Crippen molar-refractivity contribution in [1.29, 1.82) is 0 Å². The van der Waals surface area contributed by atoms with Crippen LogP contribution in [0.3, 0.4) is 0 Å². The van der Waals surface area contributed by atoms with Crippen molar-refractivity contribution in [1.82, 2.24) is 15.0 Å². The number of nitrogens with two attached hydrogens (primary N) is 1. The van der Waals surface area contributed by atoms with E-state index in [-0.39, 0.29) is 22.7 Å². The van der Waals surface area contributed by atoms with Crippen LogP contribution in [0, 0.1) is 0 Å². The first-order valence-electron chi connectivity index (χ1n) is 10.2. The molecule has 4 aromatic rings. The lowest BCUT2D eigenvalue weighted by molar-refractivity contribution is -0.137. The molecule has 4 rings (SSSR count). The number of pyridine rings is 1. The van der Waals surface area contributed by atoms with Crippen LogP contribution < -0.4 is 5.73 Å². The Balaban J connectivity index is 1.85. The Bertz CT molecular complexity index is 1420. The summed E-state index contributed by atoms with van der Waals surface area (Å²) in [5.74, 6) is -4.53. The normalized spacial score (nSPS) is 12.7. The number of fused-ring (bicyclic) bond motifs is 1. The highest BCUT2D eigenvalue weighted by Gasteiger charge is 2.34. The molecule has 35 heavy (non-hydrogen) atoms. The fourth-order valence-corrected chi connectivity index (χ4v) is 3.53. The second kappa shape index (κ2) is 8.86. The quantitative estimate of drug-likeness (QED) is 0.285. The number of aromatic nitrogens is 3. The number of alkyl halides is 5. The van der Waals surface area contributed by atoms with Crippen LogP contribution in [0.2, 0.25) is 0 Å². The van der Waals surface area contributed by atoms with Gasteiger partial charge in [0.1, 0.15) is 0 Å². The van der Waals surface area contributed by atoms with Gasteiger partial charge in [0.25, 0.3) is 5.92 Å². The van der Waals surface area contributed by atoms with E-state index in [1.54, 1.807) is 24.4 Å². The summed E-state index contributed by atoms with van der Waals surface area (Å²) in [5.41, 5.74) is 3.90. The zero-order valence-corrected chi connectivity index (χ0v) is 18.1. The zero-order chi connectivity index (χ0) is 25.4. The van der Waals surface area contributed by atoms with E-state index in [1.165, 1.54) is 24.5 Å². The maximum atomic E-state index is 13.9. The maximum Gasteiger partial charge on any atom is 0.416 e. The molecule has 2 N–H and O–H groups in total. The number of primary amides is 1. The van der Waals surface area contributed by atoms with Gasteiger partial charge < -0.3 is 5.73 Å². The van der Waals surface area contributed by atoms with Gasteiger partial charge in [-0.3, -0.25) is 9.78 Å². The van der Waals surface area contributed by atoms with E-state index in [1.807, 2.05) is 6.07 Å². The van der Waals surface area contributed by atoms with Gasteiger partial charge in [0.2, 0.25) is 5.91 Å². The Hall–Kier alpha value is -4.21. The molecule has 2 aromatic heterocycles. The van der Waals surface area contributed by atoms with Crippen LogP contribution in [-0.4, -0.2) is 20.9 Å². The first-order valence-corrected chi connectivity index (χ1v) is 10.2. The molecular formula is C25H17F5N4O. The number of carbonyl (C=O) groups excluding carboxylic acids is 1. The summed E-state index contributed by atoms with van der Waals surface area (Å²) in [7, 11) is 0. The van der Waals surface area contributed by atoms with Crippen molar-refractivity contribution in [3.63, 3.8) is 0 Å². The van der Waals surface area contributed by atoms with E-state index in [9.17, 15) is 26.7 Å². The van der Waals surface area contributed by atoms with E-state index in [0.29, 0.717) is 30.0 Å². The molecule has 0 radical (unpaired) electrons. The predicted octanol–water partition coefficient (Wildman–Crippen LogP) is 5.85. The van der Waals surface area contributed by atoms with Gasteiger partial charge in [-0.05, 0) is 35.7 Å². The van der Waals surface area contributed by atoms with E-state index in [2.05, 4.69) is 15.0 Å². The first kappa shape index (κ1) is 23.9. The van der Waals surface area contributed by atoms with Gasteiger partial charge >= 0.3 is 6.18 Å². The Morgan fingerprint density at radius 1 is 0.971 bits per heavy atom. The standard InChI is InChI=1S/C25H17F5N4O/c1-24(26,27)16-8-15(9-17(10-16)25(28,29)30)23-33-7-6-18(34-23)11-20(22(31)35)21-13-32-12-14-4-2-3-5-19(14)21/h2-13H,1H3,(H2,31,35)/b20-11+. The van der Waals surface area contributed by atoms with Crippen molar-refractivity contribution in [2.24, 2.45) is 5.73 Å². The minimum atomic E-state index is -4.85. The van der Waals surface area contributed by atoms with E-state index >= 15 is 0 Å². The zero-order valence-electron chi connectivity index (χ0n) is 18.1. The van der Waals surface area contributed by atoms with Crippen LogP contribution in [0.15, 0.2) is 67.1 Å². The van der Waals surface area contributed by atoms with Crippen LogP contribution in [0.25, 0.3) is 33.8 Å². The van der Waals surface area contributed by atoms with Crippen LogP contribution in [0.4, 0.5) is 22.0 Å². The van der Waals surface area contributed by atoms with Crippen LogP contribution in [-0.2, 0) is 16.9 Å². The molecule has 178 valence electrons. The van der Waals surface area contributed by atoms with Gasteiger partial charge in [-0.25, -0.2) is 18.7 Å². The Labute approximate surface area is 196 Å². The maximum absolute atomic E-state index is 13.9. The number of nitrogens with zero attached hydrogens (tertiary/aromatic N) is 3. The van der Waals surface area contributed by atoms with Crippen molar-refractivity contribution in [2.45, 2.75) is 19.0 Å². The molecule has 0 atom stereocenters. The van der Waals surface area contributed by atoms with E-state index in [4.69, 9.17) is 5.73 Å². The molecule has 0 aliphatic heterocycles. The number of hydrogen-bond donors (Lipinski definition) is 1. The third-order valence-corrected chi connectivity index (χ3v) is 5.22. The van der Waals surface area contributed by atoms with E-state index < -0.39 is 29.1 Å².